The molecule has 0 radical (unpaired) electrons. The van der Waals surface area contributed by atoms with Crippen molar-refractivity contribution in [2.75, 3.05) is 13.1 Å². The van der Waals surface area contributed by atoms with Crippen LogP contribution in [0.5, 0.6) is 0 Å². The van der Waals surface area contributed by atoms with Gasteiger partial charge in [-0.15, -0.1) is 0 Å². The van der Waals surface area contributed by atoms with Gasteiger partial charge < -0.3 is 5.73 Å². The molecule has 0 bridgehead atoms. The molecule has 0 unspecified atom stereocenters. The molecule has 1 aliphatic rings. The van der Waals surface area contributed by atoms with Crippen molar-refractivity contribution in [2.45, 2.75) is 46.2 Å². The summed E-state index contributed by atoms with van der Waals surface area (Å²) in [7, 11) is 0. The number of likely N-dealkylation sites (tertiary alicyclic amines) is 1. The van der Waals surface area contributed by atoms with Crippen LogP contribution in [0.25, 0.3) is 0 Å². The molecule has 106 valence electrons. The molecule has 0 saturated carbocycles. The van der Waals surface area contributed by atoms with Gasteiger partial charge in [-0.3, -0.25) is 4.90 Å². The van der Waals surface area contributed by atoms with Gasteiger partial charge in [0.05, 0.1) is 0 Å². The molecule has 2 nitrogen and oxygen atoms in total. The molecule has 2 rings (SSSR count). The maximum Gasteiger partial charge on any atom is 0.127 e. The van der Waals surface area contributed by atoms with Gasteiger partial charge in [-0.05, 0) is 49.4 Å². The maximum absolute atomic E-state index is 13.4. The first kappa shape index (κ1) is 14.5. The van der Waals surface area contributed by atoms with Crippen LogP contribution in [0.4, 0.5) is 4.39 Å². The number of benzene rings is 1. The Balaban J connectivity index is 2.01. The van der Waals surface area contributed by atoms with Gasteiger partial charge >= 0.3 is 0 Å². The summed E-state index contributed by atoms with van der Waals surface area (Å²) < 4.78 is 13.4. The minimum absolute atomic E-state index is 0.191. The Morgan fingerprint density at radius 1 is 1.26 bits per heavy atom. The highest BCUT2D eigenvalue weighted by atomic mass is 19.1. The van der Waals surface area contributed by atoms with Crippen molar-refractivity contribution in [1.82, 2.24) is 4.90 Å². The second-order valence-electron chi connectivity index (χ2n) is 6.42. The summed E-state index contributed by atoms with van der Waals surface area (Å²) in [5.74, 6) is -0.191. The van der Waals surface area contributed by atoms with Crippen molar-refractivity contribution in [3.63, 3.8) is 0 Å². The van der Waals surface area contributed by atoms with Gasteiger partial charge in [0, 0.05) is 18.7 Å². The number of nitrogens with two attached hydrogens (primary N) is 1. The molecular formula is C16H25FN2. The Labute approximate surface area is 115 Å². The zero-order valence-corrected chi connectivity index (χ0v) is 12.1. The van der Waals surface area contributed by atoms with Crippen LogP contribution in [-0.4, -0.2) is 18.0 Å². The van der Waals surface area contributed by atoms with Crippen LogP contribution >= 0.6 is 0 Å². The number of halogens is 1. The lowest BCUT2D eigenvalue weighted by Crippen LogP contribution is -2.25. The SMILES string of the molecule is CC1(C)CCCN(Cc2ccc(F)c(CN)c2)CC1. The van der Waals surface area contributed by atoms with Crippen LogP contribution in [0.2, 0.25) is 0 Å². The van der Waals surface area contributed by atoms with Crippen molar-refractivity contribution in [3.8, 4) is 0 Å². The first-order valence-corrected chi connectivity index (χ1v) is 7.20. The number of nitrogens with zero attached hydrogens (tertiary/aromatic N) is 1. The van der Waals surface area contributed by atoms with Crippen LogP contribution in [0, 0.1) is 11.2 Å². The van der Waals surface area contributed by atoms with Crippen molar-refractivity contribution in [1.29, 1.82) is 0 Å². The highest BCUT2D eigenvalue weighted by molar-refractivity contribution is 5.25. The standard InChI is InChI=1S/C16H25FN2/c1-16(2)6-3-8-19(9-7-16)12-13-4-5-15(17)14(10-13)11-18/h4-5,10H,3,6-9,11-12,18H2,1-2H3. The molecule has 0 aliphatic carbocycles. The number of hydrogen-bond acceptors (Lipinski definition) is 2. The Morgan fingerprint density at radius 3 is 2.79 bits per heavy atom. The zero-order chi connectivity index (χ0) is 13.9. The van der Waals surface area contributed by atoms with Gasteiger partial charge in [-0.25, -0.2) is 4.39 Å². The van der Waals surface area contributed by atoms with E-state index in [0.29, 0.717) is 11.0 Å². The van der Waals surface area contributed by atoms with Crippen molar-refractivity contribution >= 4 is 0 Å². The van der Waals surface area contributed by atoms with Crippen LogP contribution in [0.3, 0.4) is 0 Å². The molecule has 0 atom stereocenters. The van der Waals surface area contributed by atoms with E-state index in [0.717, 1.165) is 19.6 Å². The lowest BCUT2D eigenvalue weighted by Gasteiger charge is -2.23. The maximum atomic E-state index is 13.4. The third-order valence-electron chi connectivity index (χ3n) is 4.17. The fourth-order valence-corrected chi connectivity index (χ4v) is 2.78. The van der Waals surface area contributed by atoms with E-state index in [2.05, 4.69) is 18.7 Å². The quantitative estimate of drug-likeness (QED) is 0.907. The molecule has 1 heterocycles. The highest BCUT2D eigenvalue weighted by Crippen LogP contribution is 2.30. The summed E-state index contributed by atoms with van der Waals surface area (Å²) in [6.07, 6.45) is 3.77. The third kappa shape index (κ3) is 4.02. The van der Waals surface area contributed by atoms with E-state index in [1.54, 1.807) is 6.07 Å². The zero-order valence-electron chi connectivity index (χ0n) is 12.1. The molecule has 1 saturated heterocycles. The molecule has 1 aromatic carbocycles. The molecule has 3 heteroatoms. The van der Waals surface area contributed by atoms with Gasteiger partial charge in [-0.2, -0.15) is 0 Å². The van der Waals surface area contributed by atoms with E-state index < -0.39 is 0 Å². The number of rotatable bonds is 3. The predicted octanol–water partition coefficient (Wildman–Crippen LogP) is 3.30. The molecule has 19 heavy (non-hydrogen) atoms. The first-order valence-electron chi connectivity index (χ1n) is 7.20. The average Bonchev–Trinajstić information content (AvgIpc) is 2.53. The van der Waals surface area contributed by atoms with E-state index >= 15 is 0 Å². The number of hydrogen-bond donors (Lipinski definition) is 1. The van der Waals surface area contributed by atoms with Crippen molar-refractivity contribution in [3.05, 3.63) is 35.1 Å². The van der Waals surface area contributed by atoms with E-state index in [-0.39, 0.29) is 12.4 Å². The van der Waals surface area contributed by atoms with Crippen LogP contribution in [0.1, 0.15) is 44.2 Å². The molecular weight excluding hydrogens is 239 g/mol. The predicted molar refractivity (Wildman–Crippen MR) is 77.2 cm³/mol. The van der Waals surface area contributed by atoms with Crippen molar-refractivity contribution < 1.29 is 4.39 Å². The fraction of sp³-hybridized carbons (Fsp3) is 0.625. The smallest absolute Gasteiger partial charge is 0.127 e. The topological polar surface area (TPSA) is 29.3 Å². The van der Waals surface area contributed by atoms with Gasteiger partial charge in [0.2, 0.25) is 0 Å². The fourth-order valence-electron chi connectivity index (χ4n) is 2.78. The molecule has 0 spiro atoms. The van der Waals surface area contributed by atoms with Crippen LogP contribution < -0.4 is 5.73 Å². The Morgan fingerprint density at radius 2 is 2.05 bits per heavy atom. The summed E-state index contributed by atoms with van der Waals surface area (Å²) in [4.78, 5) is 2.47. The Kier molecular flexibility index (Phi) is 4.58. The van der Waals surface area contributed by atoms with Crippen LogP contribution in [0.15, 0.2) is 18.2 Å². The van der Waals surface area contributed by atoms with E-state index in [9.17, 15) is 4.39 Å². The minimum atomic E-state index is -0.191. The lowest BCUT2D eigenvalue weighted by atomic mass is 9.85. The lowest BCUT2D eigenvalue weighted by molar-refractivity contribution is 0.256. The largest absolute Gasteiger partial charge is 0.326 e. The van der Waals surface area contributed by atoms with Crippen molar-refractivity contribution in [2.24, 2.45) is 11.1 Å². The van der Waals surface area contributed by atoms with Crippen LogP contribution in [-0.2, 0) is 13.1 Å². The second kappa shape index (κ2) is 6.02. The molecule has 0 amide bonds. The summed E-state index contributed by atoms with van der Waals surface area (Å²) in [5, 5.41) is 0. The normalized spacial score (nSPS) is 20.2. The highest BCUT2D eigenvalue weighted by Gasteiger charge is 2.22. The third-order valence-corrected chi connectivity index (χ3v) is 4.17. The molecule has 0 aromatic heterocycles. The van der Waals surface area contributed by atoms with Gasteiger partial charge in [-0.1, -0.05) is 26.0 Å². The Bertz CT molecular complexity index is 429. The summed E-state index contributed by atoms with van der Waals surface area (Å²) in [6, 6.07) is 5.33. The van der Waals surface area contributed by atoms with E-state index in [1.165, 1.54) is 24.8 Å². The molecule has 1 aliphatic heterocycles. The molecule has 1 fully saturated rings. The van der Waals surface area contributed by atoms with Gasteiger partial charge in [0.1, 0.15) is 5.82 Å². The summed E-state index contributed by atoms with van der Waals surface area (Å²) in [5.41, 5.74) is 7.80. The second-order valence-corrected chi connectivity index (χ2v) is 6.42. The van der Waals surface area contributed by atoms with Gasteiger partial charge in [0.15, 0.2) is 0 Å². The summed E-state index contributed by atoms with van der Waals surface area (Å²) >= 11 is 0. The molecule has 1 aromatic rings. The Hall–Kier alpha value is -0.930. The molecule has 2 N–H and O–H groups in total. The average molecular weight is 264 g/mol. The first-order chi connectivity index (χ1) is 9.00. The minimum Gasteiger partial charge on any atom is -0.326 e. The van der Waals surface area contributed by atoms with Gasteiger partial charge in [0.25, 0.3) is 0 Å². The van der Waals surface area contributed by atoms with E-state index in [4.69, 9.17) is 5.73 Å². The monoisotopic (exact) mass is 264 g/mol. The van der Waals surface area contributed by atoms with E-state index in [1.807, 2.05) is 12.1 Å². The summed E-state index contributed by atoms with van der Waals surface area (Å²) in [6.45, 7) is 8.14.